The van der Waals surface area contributed by atoms with E-state index in [-0.39, 0.29) is 5.58 Å². The number of hydrogen-bond acceptors (Lipinski definition) is 2. The molecule has 1 aromatic heterocycles. The third kappa shape index (κ3) is 2.08. The van der Waals surface area contributed by atoms with Crippen molar-refractivity contribution < 1.29 is 13.2 Å². The summed E-state index contributed by atoms with van der Waals surface area (Å²) in [5.74, 6) is -0.503. The molecule has 1 unspecified atom stereocenters. The van der Waals surface area contributed by atoms with Crippen molar-refractivity contribution in [3.8, 4) is 0 Å². The van der Waals surface area contributed by atoms with Gasteiger partial charge in [-0.2, -0.15) is 0 Å². The van der Waals surface area contributed by atoms with E-state index in [4.69, 9.17) is 10.2 Å². The van der Waals surface area contributed by atoms with Gasteiger partial charge < -0.3 is 10.2 Å². The monoisotopic (exact) mass is 273 g/mol. The van der Waals surface area contributed by atoms with Gasteiger partial charge in [-0.25, -0.2) is 8.78 Å². The average Bonchev–Trinajstić information content (AvgIpc) is 2.83. The number of fused-ring (bicyclic) bond motifs is 1. The summed E-state index contributed by atoms with van der Waals surface area (Å²) < 4.78 is 32.9. The fraction of sp³-hybridized carbons (Fsp3) is 0.125. The molecule has 1 heterocycles. The van der Waals surface area contributed by atoms with Crippen LogP contribution in [0.3, 0.4) is 0 Å². The molecule has 1 atom stereocenters. The largest absolute Gasteiger partial charge is 0.456 e. The minimum absolute atomic E-state index is 0.144. The van der Waals surface area contributed by atoms with Gasteiger partial charge in [0.05, 0.1) is 6.04 Å². The summed E-state index contributed by atoms with van der Waals surface area (Å²) in [6.45, 7) is 1.80. The third-order valence-corrected chi connectivity index (χ3v) is 3.31. The number of benzene rings is 2. The Hall–Kier alpha value is -2.20. The zero-order chi connectivity index (χ0) is 14.3. The summed E-state index contributed by atoms with van der Waals surface area (Å²) >= 11 is 0. The molecule has 20 heavy (non-hydrogen) atoms. The van der Waals surface area contributed by atoms with E-state index in [1.807, 2.05) is 0 Å². The third-order valence-electron chi connectivity index (χ3n) is 3.31. The molecule has 0 fully saturated rings. The van der Waals surface area contributed by atoms with Crippen molar-refractivity contribution >= 4 is 11.0 Å². The molecule has 0 spiro atoms. The smallest absolute Gasteiger partial charge is 0.169 e. The van der Waals surface area contributed by atoms with E-state index in [2.05, 4.69) is 0 Å². The standard InChI is InChI=1S/C16H13F2NO/c1-9-5-6-11(13(18)7-9)15(19)14-8-10-3-2-4-12(17)16(10)20-14/h2-8,15H,19H2,1H3. The highest BCUT2D eigenvalue weighted by Crippen LogP contribution is 2.29. The summed E-state index contributed by atoms with van der Waals surface area (Å²) in [7, 11) is 0. The highest BCUT2D eigenvalue weighted by atomic mass is 19.1. The summed E-state index contributed by atoms with van der Waals surface area (Å²) in [5.41, 5.74) is 7.31. The van der Waals surface area contributed by atoms with E-state index in [0.717, 1.165) is 5.56 Å². The molecule has 0 aliphatic rings. The van der Waals surface area contributed by atoms with E-state index in [9.17, 15) is 8.78 Å². The molecule has 0 amide bonds. The van der Waals surface area contributed by atoms with Crippen LogP contribution in [-0.2, 0) is 0 Å². The average molecular weight is 273 g/mol. The molecule has 0 aliphatic heterocycles. The molecule has 102 valence electrons. The Morgan fingerprint density at radius 2 is 1.85 bits per heavy atom. The van der Waals surface area contributed by atoms with Crippen LogP contribution in [-0.4, -0.2) is 0 Å². The van der Waals surface area contributed by atoms with E-state index in [1.165, 1.54) is 12.1 Å². The summed E-state index contributed by atoms with van der Waals surface area (Å²) in [6, 6.07) is 10.3. The van der Waals surface area contributed by atoms with Crippen LogP contribution in [0.1, 0.15) is 22.9 Å². The summed E-state index contributed by atoms with van der Waals surface area (Å²) in [5, 5.41) is 0.614. The Labute approximate surface area is 114 Å². The van der Waals surface area contributed by atoms with Crippen molar-refractivity contribution in [2.45, 2.75) is 13.0 Å². The minimum Gasteiger partial charge on any atom is -0.456 e. The summed E-state index contributed by atoms with van der Waals surface area (Å²) in [4.78, 5) is 0. The van der Waals surface area contributed by atoms with Crippen LogP contribution in [0.15, 0.2) is 46.9 Å². The number of aryl methyl sites for hydroxylation is 1. The van der Waals surface area contributed by atoms with E-state index in [1.54, 1.807) is 37.3 Å². The molecule has 3 aromatic rings. The van der Waals surface area contributed by atoms with Crippen molar-refractivity contribution in [3.63, 3.8) is 0 Å². The maximum atomic E-state index is 13.9. The lowest BCUT2D eigenvalue weighted by Gasteiger charge is -2.10. The second-order valence-corrected chi connectivity index (χ2v) is 4.81. The first-order valence-corrected chi connectivity index (χ1v) is 6.26. The molecular formula is C16H13F2NO. The first-order valence-electron chi connectivity index (χ1n) is 6.26. The topological polar surface area (TPSA) is 39.2 Å². The Bertz CT molecular complexity index is 779. The Kier molecular flexibility index (Phi) is 3.03. The van der Waals surface area contributed by atoms with Gasteiger partial charge >= 0.3 is 0 Å². The molecule has 0 aliphatic carbocycles. The first-order chi connectivity index (χ1) is 9.56. The Balaban J connectivity index is 2.08. The molecule has 0 saturated carbocycles. The zero-order valence-corrected chi connectivity index (χ0v) is 10.9. The van der Waals surface area contributed by atoms with E-state index in [0.29, 0.717) is 16.7 Å². The number of para-hydroxylation sites is 1. The lowest BCUT2D eigenvalue weighted by atomic mass is 10.0. The SMILES string of the molecule is Cc1ccc(C(N)c2cc3cccc(F)c3o2)c(F)c1. The predicted molar refractivity (Wildman–Crippen MR) is 73.3 cm³/mol. The lowest BCUT2D eigenvalue weighted by molar-refractivity contribution is 0.492. The fourth-order valence-electron chi connectivity index (χ4n) is 2.24. The zero-order valence-electron chi connectivity index (χ0n) is 10.9. The number of nitrogens with two attached hydrogens (primary N) is 1. The van der Waals surface area contributed by atoms with Gasteiger partial charge in [0.25, 0.3) is 0 Å². The van der Waals surface area contributed by atoms with Gasteiger partial charge in [-0.15, -0.1) is 0 Å². The number of furan rings is 1. The van der Waals surface area contributed by atoms with Crippen LogP contribution < -0.4 is 5.73 Å². The fourth-order valence-corrected chi connectivity index (χ4v) is 2.24. The van der Waals surface area contributed by atoms with Gasteiger partial charge in [-0.1, -0.05) is 24.3 Å². The van der Waals surface area contributed by atoms with E-state index >= 15 is 0 Å². The van der Waals surface area contributed by atoms with E-state index < -0.39 is 17.7 Å². The van der Waals surface area contributed by atoms with Crippen LogP contribution >= 0.6 is 0 Å². The molecule has 0 saturated heterocycles. The normalized spacial score (nSPS) is 12.8. The van der Waals surface area contributed by atoms with Crippen LogP contribution in [0.25, 0.3) is 11.0 Å². The molecule has 4 heteroatoms. The molecule has 2 N–H and O–H groups in total. The molecule has 3 rings (SSSR count). The summed E-state index contributed by atoms with van der Waals surface area (Å²) in [6.07, 6.45) is 0. The van der Waals surface area contributed by atoms with Crippen LogP contribution in [0.2, 0.25) is 0 Å². The number of halogens is 2. The predicted octanol–water partition coefficient (Wildman–Crippen LogP) is 4.07. The van der Waals surface area contributed by atoms with Gasteiger partial charge in [-0.05, 0) is 30.7 Å². The molecule has 2 aromatic carbocycles. The van der Waals surface area contributed by atoms with Gasteiger partial charge in [-0.3, -0.25) is 0 Å². The van der Waals surface area contributed by atoms with Gasteiger partial charge in [0.2, 0.25) is 0 Å². The minimum atomic E-state index is -0.762. The van der Waals surface area contributed by atoms with Gasteiger partial charge in [0.15, 0.2) is 11.4 Å². The van der Waals surface area contributed by atoms with Crippen molar-refractivity contribution in [2.75, 3.05) is 0 Å². The van der Waals surface area contributed by atoms with Crippen LogP contribution in [0.4, 0.5) is 8.78 Å². The quantitative estimate of drug-likeness (QED) is 0.764. The number of rotatable bonds is 2. The highest BCUT2D eigenvalue weighted by molar-refractivity contribution is 5.78. The molecular weight excluding hydrogens is 260 g/mol. The van der Waals surface area contributed by atoms with Crippen molar-refractivity contribution in [2.24, 2.45) is 5.73 Å². The maximum absolute atomic E-state index is 13.9. The molecule has 2 nitrogen and oxygen atoms in total. The Morgan fingerprint density at radius 1 is 1.05 bits per heavy atom. The maximum Gasteiger partial charge on any atom is 0.169 e. The lowest BCUT2D eigenvalue weighted by Crippen LogP contribution is -2.12. The number of hydrogen-bond donors (Lipinski definition) is 1. The second-order valence-electron chi connectivity index (χ2n) is 4.81. The highest BCUT2D eigenvalue weighted by Gasteiger charge is 2.18. The van der Waals surface area contributed by atoms with Crippen LogP contribution in [0, 0.1) is 18.6 Å². The van der Waals surface area contributed by atoms with Crippen LogP contribution in [0.5, 0.6) is 0 Å². The van der Waals surface area contributed by atoms with Crippen molar-refractivity contribution in [1.29, 1.82) is 0 Å². The Morgan fingerprint density at radius 3 is 2.55 bits per heavy atom. The second kappa shape index (κ2) is 4.72. The first kappa shape index (κ1) is 12.8. The van der Waals surface area contributed by atoms with Crippen molar-refractivity contribution in [3.05, 3.63) is 71.0 Å². The molecule has 0 radical (unpaired) electrons. The molecule has 0 bridgehead atoms. The van der Waals surface area contributed by atoms with Crippen molar-refractivity contribution in [1.82, 2.24) is 0 Å². The van der Waals surface area contributed by atoms with Gasteiger partial charge in [0, 0.05) is 10.9 Å². The van der Waals surface area contributed by atoms with Gasteiger partial charge in [0.1, 0.15) is 11.6 Å².